The maximum Gasteiger partial charge on any atom is 0.261 e. The van der Waals surface area contributed by atoms with Crippen LogP contribution in [-0.4, -0.2) is 18.4 Å². The molecular weight excluding hydrogens is 320 g/mol. The lowest BCUT2D eigenvalue weighted by molar-refractivity contribution is 0.610. The minimum Gasteiger partial charge on any atom is -0.265 e. The largest absolute Gasteiger partial charge is 0.265 e. The molecule has 2 heterocycles. The quantitative estimate of drug-likeness (QED) is 0.686. The molecule has 0 atom stereocenters. The van der Waals surface area contributed by atoms with Crippen LogP contribution in [0.1, 0.15) is 0 Å². The van der Waals surface area contributed by atoms with E-state index in [0.717, 1.165) is 16.7 Å². The zero-order valence-corrected chi connectivity index (χ0v) is 12.9. The fourth-order valence-electron chi connectivity index (χ4n) is 2.22. The Morgan fingerprint density at radius 3 is 1.82 bits per heavy atom. The van der Waals surface area contributed by atoms with Crippen LogP contribution in [0.3, 0.4) is 0 Å². The molecule has 22 heavy (non-hydrogen) atoms. The van der Waals surface area contributed by atoms with Crippen molar-refractivity contribution >= 4 is 19.7 Å². The molecule has 4 nitrogen and oxygen atoms in total. The Balaban J connectivity index is 2.24. The van der Waals surface area contributed by atoms with Crippen molar-refractivity contribution in [2.75, 3.05) is 0 Å². The molecular formula is C16H11ClN2O2S. The van der Waals surface area contributed by atoms with Crippen LogP contribution in [0.5, 0.6) is 0 Å². The number of hydrogen-bond acceptors (Lipinski definition) is 4. The molecule has 0 aliphatic carbocycles. The fraction of sp³-hybridized carbons (Fsp3) is 0. The van der Waals surface area contributed by atoms with E-state index >= 15 is 0 Å². The van der Waals surface area contributed by atoms with Gasteiger partial charge in [0, 0.05) is 41.0 Å². The predicted octanol–water partition coefficient (Wildman–Crippen LogP) is 3.74. The zero-order chi connectivity index (χ0) is 15.6. The third-order valence-corrected chi connectivity index (χ3v) is 4.63. The first-order chi connectivity index (χ1) is 10.6. The summed E-state index contributed by atoms with van der Waals surface area (Å²) in [4.78, 5) is 8.02. The normalized spacial score (nSPS) is 11.3. The lowest BCUT2D eigenvalue weighted by Crippen LogP contribution is -1.95. The van der Waals surface area contributed by atoms with Gasteiger partial charge < -0.3 is 0 Å². The molecule has 0 unspecified atom stereocenters. The Morgan fingerprint density at radius 2 is 1.27 bits per heavy atom. The van der Waals surface area contributed by atoms with Gasteiger partial charge in [0.2, 0.25) is 0 Å². The van der Waals surface area contributed by atoms with E-state index in [1.807, 2.05) is 12.1 Å². The fourth-order valence-corrected chi connectivity index (χ4v) is 3.30. The van der Waals surface area contributed by atoms with E-state index in [1.165, 1.54) is 6.07 Å². The predicted molar refractivity (Wildman–Crippen MR) is 85.9 cm³/mol. The van der Waals surface area contributed by atoms with Gasteiger partial charge in [-0.05, 0) is 53.1 Å². The van der Waals surface area contributed by atoms with Gasteiger partial charge in [-0.1, -0.05) is 6.07 Å². The number of rotatable bonds is 3. The standard InChI is InChI=1S/C16H11ClN2O2S/c17-22(20,21)16-2-1-14(12-3-7-18-8-4-12)11-15(16)13-5-9-19-10-6-13/h1-11H. The van der Waals surface area contributed by atoms with Crippen LogP contribution in [-0.2, 0) is 9.05 Å². The molecule has 0 fully saturated rings. The lowest BCUT2D eigenvalue weighted by Gasteiger charge is -2.10. The number of halogens is 1. The molecule has 0 N–H and O–H groups in total. The third-order valence-electron chi connectivity index (χ3n) is 3.25. The molecule has 0 bridgehead atoms. The van der Waals surface area contributed by atoms with Gasteiger partial charge in [-0.3, -0.25) is 9.97 Å². The first-order valence-electron chi connectivity index (χ1n) is 6.45. The van der Waals surface area contributed by atoms with E-state index in [0.29, 0.717) is 5.56 Å². The van der Waals surface area contributed by atoms with Gasteiger partial charge in [0.1, 0.15) is 0 Å². The SMILES string of the molecule is O=S(=O)(Cl)c1ccc(-c2ccncc2)cc1-c1ccncc1. The van der Waals surface area contributed by atoms with Crippen molar-refractivity contribution in [1.29, 1.82) is 0 Å². The summed E-state index contributed by atoms with van der Waals surface area (Å²) in [5.41, 5.74) is 3.12. The zero-order valence-electron chi connectivity index (χ0n) is 11.3. The van der Waals surface area contributed by atoms with Crippen molar-refractivity contribution in [3.05, 3.63) is 67.3 Å². The second kappa shape index (κ2) is 5.87. The summed E-state index contributed by atoms with van der Waals surface area (Å²) in [5.74, 6) is 0. The molecule has 6 heteroatoms. The maximum absolute atomic E-state index is 11.8. The minimum atomic E-state index is -3.84. The van der Waals surface area contributed by atoms with Crippen LogP contribution in [0, 0.1) is 0 Å². The summed E-state index contributed by atoms with van der Waals surface area (Å²) >= 11 is 0. The summed E-state index contributed by atoms with van der Waals surface area (Å²) in [5, 5.41) is 0. The van der Waals surface area contributed by atoms with Crippen LogP contribution < -0.4 is 0 Å². The highest BCUT2D eigenvalue weighted by molar-refractivity contribution is 8.13. The average molecular weight is 331 g/mol. The van der Waals surface area contributed by atoms with Crippen LogP contribution in [0.25, 0.3) is 22.3 Å². The van der Waals surface area contributed by atoms with E-state index in [9.17, 15) is 8.42 Å². The molecule has 0 saturated carbocycles. The molecule has 0 spiro atoms. The van der Waals surface area contributed by atoms with Crippen molar-refractivity contribution < 1.29 is 8.42 Å². The molecule has 0 amide bonds. The summed E-state index contributed by atoms with van der Waals surface area (Å²) in [6.45, 7) is 0. The topological polar surface area (TPSA) is 59.9 Å². The molecule has 3 rings (SSSR count). The van der Waals surface area contributed by atoms with Gasteiger partial charge in [0.05, 0.1) is 4.90 Å². The lowest BCUT2D eigenvalue weighted by atomic mass is 10.0. The van der Waals surface area contributed by atoms with Gasteiger partial charge in [-0.2, -0.15) is 0 Å². The average Bonchev–Trinajstić information content (AvgIpc) is 2.55. The second-order valence-electron chi connectivity index (χ2n) is 4.62. The first-order valence-corrected chi connectivity index (χ1v) is 8.76. The second-order valence-corrected chi connectivity index (χ2v) is 7.15. The Hall–Kier alpha value is -2.24. The van der Waals surface area contributed by atoms with Crippen LogP contribution in [0.15, 0.2) is 72.1 Å². The van der Waals surface area contributed by atoms with Crippen molar-refractivity contribution in [1.82, 2.24) is 9.97 Å². The molecule has 0 radical (unpaired) electrons. The maximum atomic E-state index is 11.8. The summed E-state index contributed by atoms with van der Waals surface area (Å²) < 4.78 is 23.6. The number of hydrogen-bond donors (Lipinski definition) is 0. The minimum absolute atomic E-state index is 0.0816. The highest BCUT2D eigenvalue weighted by Gasteiger charge is 2.17. The molecule has 3 aromatic rings. The van der Waals surface area contributed by atoms with Gasteiger partial charge in [0.25, 0.3) is 9.05 Å². The Morgan fingerprint density at radius 1 is 0.727 bits per heavy atom. The summed E-state index contributed by atoms with van der Waals surface area (Å²) in [6.07, 6.45) is 6.60. The first kappa shape index (κ1) is 14.7. The van der Waals surface area contributed by atoms with E-state index < -0.39 is 9.05 Å². The molecule has 0 aliphatic heterocycles. The number of pyridine rings is 2. The third kappa shape index (κ3) is 3.00. The van der Waals surface area contributed by atoms with E-state index in [-0.39, 0.29) is 4.90 Å². The van der Waals surface area contributed by atoms with Crippen LogP contribution in [0.4, 0.5) is 0 Å². The van der Waals surface area contributed by atoms with Gasteiger partial charge in [0.15, 0.2) is 0 Å². The Kier molecular flexibility index (Phi) is 3.92. The number of benzene rings is 1. The number of nitrogens with zero attached hydrogens (tertiary/aromatic N) is 2. The monoisotopic (exact) mass is 330 g/mol. The van der Waals surface area contributed by atoms with Crippen molar-refractivity contribution in [3.63, 3.8) is 0 Å². The Labute approximate surface area is 132 Å². The highest BCUT2D eigenvalue weighted by Crippen LogP contribution is 2.33. The van der Waals surface area contributed by atoms with Crippen LogP contribution in [0.2, 0.25) is 0 Å². The van der Waals surface area contributed by atoms with Gasteiger partial charge in [-0.25, -0.2) is 8.42 Å². The van der Waals surface area contributed by atoms with Gasteiger partial charge in [-0.15, -0.1) is 0 Å². The molecule has 0 saturated heterocycles. The molecule has 0 aliphatic rings. The summed E-state index contributed by atoms with van der Waals surface area (Å²) in [7, 11) is 1.72. The van der Waals surface area contributed by atoms with E-state index in [1.54, 1.807) is 49.1 Å². The van der Waals surface area contributed by atoms with Gasteiger partial charge >= 0.3 is 0 Å². The number of aromatic nitrogens is 2. The highest BCUT2D eigenvalue weighted by atomic mass is 35.7. The Bertz CT molecular complexity index is 898. The molecule has 110 valence electrons. The summed E-state index contributed by atoms with van der Waals surface area (Å²) in [6, 6.07) is 12.3. The van der Waals surface area contributed by atoms with Crippen molar-refractivity contribution in [2.24, 2.45) is 0 Å². The smallest absolute Gasteiger partial charge is 0.261 e. The van der Waals surface area contributed by atoms with E-state index in [4.69, 9.17) is 10.7 Å². The van der Waals surface area contributed by atoms with E-state index in [2.05, 4.69) is 9.97 Å². The van der Waals surface area contributed by atoms with Crippen LogP contribution >= 0.6 is 10.7 Å². The molecule has 1 aromatic carbocycles. The molecule has 2 aromatic heterocycles. The van der Waals surface area contributed by atoms with Crippen molar-refractivity contribution in [3.8, 4) is 22.3 Å². The van der Waals surface area contributed by atoms with Crippen molar-refractivity contribution in [2.45, 2.75) is 4.90 Å².